The lowest BCUT2D eigenvalue weighted by Crippen LogP contribution is -2.46. The Morgan fingerprint density at radius 3 is 2.16 bits per heavy atom. The number of rotatable bonds is 8. The van der Waals surface area contributed by atoms with Gasteiger partial charge < -0.3 is 9.84 Å². The van der Waals surface area contributed by atoms with Crippen LogP contribution in [0, 0.1) is 23.2 Å². The third-order valence-corrected chi connectivity index (χ3v) is 9.05. The lowest BCUT2D eigenvalue weighted by Gasteiger charge is -2.57. The van der Waals surface area contributed by atoms with Crippen molar-refractivity contribution in [3.05, 3.63) is 70.8 Å². The second kappa shape index (κ2) is 9.12. The average Bonchev–Trinajstić information content (AvgIpc) is 3.11. The van der Waals surface area contributed by atoms with Crippen molar-refractivity contribution in [2.75, 3.05) is 6.61 Å². The predicted octanol–water partition coefficient (Wildman–Crippen LogP) is 4.74. The highest BCUT2D eigenvalue weighted by Crippen LogP contribution is 2.61. The molecule has 1 N–H and O–H groups in total. The van der Waals surface area contributed by atoms with E-state index in [9.17, 15) is 24.3 Å². The molecule has 1 heterocycles. The molecule has 1 aliphatic heterocycles. The van der Waals surface area contributed by atoms with Gasteiger partial charge in [-0.25, -0.2) is 9.59 Å². The number of imide groups is 1. The summed E-state index contributed by atoms with van der Waals surface area (Å²) in [6, 6.07) is 11.8. The number of amides is 2. The molecule has 0 radical (unpaired) electrons. The van der Waals surface area contributed by atoms with Crippen LogP contribution in [0.2, 0.25) is 0 Å². The maximum absolute atomic E-state index is 13.2. The lowest BCUT2D eigenvalue weighted by atomic mass is 9.49. The van der Waals surface area contributed by atoms with Crippen molar-refractivity contribution in [2.45, 2.75) is 57.4 Å². The van der Waals surface area contributed by atoms with E-state index in [1.54, 1.807) is 24.3 Å². The van der Waals surface area contributed by atoms with Crippen LogP contribution >= 0.6 is 0 Å². The first-order chi connectivity index (χ1) is 17.8. The van der Waals surface area contributed by atoms with Crippen molar-refractivity contribution in [3.8, 4) is 0 Å². The molecule has 0 saturated heterocycles. The van der Waals surface area contributed by atoms with Crippen molar-refractivity contribution in [1.29, 1.82) is 0 Å². The number of aliphatic carboxylic acids is 1. The van der Waals surface area contributed by atoms with Crippen LogP contribution in [-0.4, -0.2) is 46.4 Å². The zero-order valence-electron chi connectivity index (χ0n) is 20.7. The number of esters is 1. The van der Waals surface area contributed by atoms with Crippen LogP contribution in [0.1, 0.15) is 81.6 Å². The van der Waals surface area contributed by atoms with Gasteiger partial charge in [0.05, 0.1) is 23.3 Å². The van der Waals surface area contributed by atoms with Gasteiger partial charge in [0.1, 0.15) is 6.04 Å². The Bertz CT molecular complexity index is 1230. The van der Waals surface area contributed by atoms with Crippen molar-refractivity contribution < 1.29 is 29.0 Å². The molecule has 4 saturated carbocycles. The number of carbonyl (C=O) groups is 4. The second-order valence-corrected chi connectivity index (χ2v) is 11.6. The molecule has 2 aromatic carbocycles. The topological polar surface area (TPSA) is 101 Å². The van der Waals surface area contributed by atoms with Crippen LogP contribution < -0.4 is 0 Å². The summed E-state index contributed by atoms with van der Waals surface area (Å²) in [6.45, 7) is 0.346. The maximum atomic E-state index is 13.2. The molecule has 5 aliphatic rings. The number of benzene rings is 2. The van der Waals surface area contributed by atoms with Gasteiger partial charge >= 0.3 is 11.9 Å². The predicted molar refractivity (Wildman–Crippen MR) is 134 cm³/mol. The number of fused-ring (bicyclic) bond motifs is 1. The summed E-state index contributed by atoms with van der Waals surface area (Å²) in [4.78, 5) is 51.9. The first-order valence-electron chi connectivity index (χ1n) is 13.3. The van der Waals surface area contributed by atoms with Crippen LogP contribution in [0.5, 0.6) is 0 Å². The van der Waals surface area contributed by atoms with Gasteiger partial charge in [0, 0.05) is 6.42 Å². The average molecular weight is 502 g/mol. The molecule has 37 heavy (non-hydrogen) atoms. The van der Waals surface area contributed by atoms with E-state index in [4.69, 9.17) is 4.74 Å². The quantitative estimate of drug-likeness (QED) is 0.414. The second-order valence-electron chi connectivity index (χ2n) is 11.6. The lowest BCUT2D eigenvalue weighted by molar-refractivity contribution is -0.141. The van der Waals surface area contributed by atoms with Gasteiger partial charge in [-0.3, -0.25) is 14.5 Å². The van der Waals surface area contributed by atoms with E-state index in [2.05, 4.69) is 0 Å². The largest absolute Gasteiger partial charge is 0.480 e. The van der Waals surface area contributed by atoms with E-state index >= 15 is 0 Å². The fourth-order valence-corrected chi connectivity index (χ4v) is 7.84. The summed E-state index contributed by atoms with van der Waals surface area (Å²) < 4.78 is 5.64. The van der Waals surface area contributed by atoms with Crippen LogP contribution in [0.25, 0.3) is 0 Å². The minimum atomic E-state index is -1.34. The van der Waals surface area contributed by atoms with E-state index in [0.29, 0.717) is 17.6 Å². The molecule has 4 bridgehead atoms. The highest BCUT2D eigenvalue weighted by molar-refractivity contribution is 6.23. The number of carboxylic acids is 1. The van der Waals surface area contributed by atoms with E-state index in [1.165, 1.54) is 56.7 Å². The Kier molecular flexibility index (Phi) is 5.89. The molecule has 4 aliphatic carbocycles. The molecular formula is C30H31NO6. The van der Waals surface area contributed by atoms with E-state index in [0.717, 1.165) is 29.1 Å². The monoisotopic (exact) mass is 501 g/mol. The summed E-state index contributed by atoms with van der Waals surface area (Å²) in [5.41, 5.74) is 1.35. The molecule has 7 heteroatoms. The zero-order valence-corrected chi connectivity index (χ0v) is 20.7. The minimum Gasteiger partial charge on any atom is -0.480 e. The van der Waals surface area contributed by atoms with Crippen molar-refractivity contribution >= 4 is 23.8 Å². The van der Waals surface area contributed by atoms with E-state index in [1.807, 2.05) is 6.07 Å². The SMILES string of the molecule is O=C(OCCC12CC3CC(CC(C3)C1)C2)c1ccc2c(c1)C(=O)N([C@H](Cc1ccccc1)C(=O)O)C2=O. The van der Waals surface area contributed by atoms with Gasteiger partial charge in [-0.2, -0.15) is 0 Å². The Morgan fingerprint density at radius 1 is 0.919 bits per heavy atom. The molecule has 0 spiro atoms. The number of hydrogen-bond donors (Lipinski definition) is 1. The molecule has 2 amide bonds. The summed E-state index contributed by atoms with van der Waals surface area (Å²) in [5, 5.41) is 9.82. The molecule has 4 fully saturated rings. The number of hydrogen-bond acceptors (Lipinski definition) is 5. The van der Waals surface area contributed by atoms with Gasteiger partial charge in [-0.15, -0.1) is 0 Å². The minimum absolute atomic E-state index is 0.000855. The Balaban J connectivity index is 1.13. The first-order valence-corrected chi connectivity index (χ1v) is 13.3. The fourth-order valence-electron chi connectivity index (χ4n) is 7.84. The Hall–Kier alpha value is -3.48. The molecule has 2 aromatic rings. The fraction of sp³-hybridized carbons (Fsp3) is 0.467. The highest BCUT2D eigenvalue weighted by atomic mass is 16.5. The summed E-state index contributed by atoms with van der Waals surface area (Å²) in [6.07, 6.45) is 8.71. The summed E-state index contributed by atoms with van der Waals surface area (Å²) in [5.74, 6) is -0.644. The normalized spacial score (nSPS) is 28.3. The van der Waals surface area contributed by atoms with E-state index in [-0.39, 0.29) is 23.1 Å². The summed E-state index contributed by atoms with van der Waals surface area (Å²) in [7, 11) is 0. The van der Waals surface area contributed by atoms with Gasteiger partial charge in [0.2, 0.25) is 0 Å². The van der Waals surface area contributed by atoms with Gasteiger partial charge in [0.15, 0.2) is 0 Å². The molecule has 0 aromatic heterocycles. The van der Waals surface area contributed by atoms with Gasteiger partial charge in [0.25, 0.3) is 11.8 Å². The van der Waals surface area contributed by atoms with Crippen LogP contribution in [0.15, 0.2) is 48.5 Å². The number of ether oxygens (including phenoxy) is 1. The third kappa shape index (κ3) is 4.34. The van der Waals surface area contributed by atoms with Crippen molar-refractivity contribution in [2.24, 2.45) is 23.2 Å². The van der Waals surface area contributed by atoms with Gasteiger partial charge in [-0.1, -0.05) is 30.3 Å². The number of nitrogens with zero attached hydrogens (tertiary/aromatic N) is 1. The Morgan fingerprint density at radius 2 is 1.54 bits per heavy atom. The molecule has 7 rings (SSSR count). The third-order valence-electron chi connectivity index (χ3n) is 9.05. The molecular weight excluding hydrogens is 470 g/mol. The highest BCUT2D eigenvalue weighted by Gasteiger charge is 2.50. The molecule has 192 valence electrons. The van der Waals surface area contributed by atoms with Crippen LogP contribution in [0.3, 0.4) is 0 Å². The zero-order chi connectivity index (χ0) is 25.7. The van der Waals surface area contributed by atoms with Gasteiger partial charge in [-0.05, 0) is 91.9 Å². The standard InChI is InChI=1S/C30H31NO6/c32-26-23-7-6-22(29(36)37-9-8-30-15-19-10-20(16-30)12-21(11-19)17-30)14-24(23)27(33)31(26)25(28(34)35)13-18-4-2-1-3-5-18/h1-7,14,19-21,25H,8-13,15-17H2,(H,34,35)/t19?,20?,21?,25-,30?/m1/s1. The number of carbonyl (C=O) groups excluding carboxylic acids is 3. The van der Waals surface area contributed by atoms with E-state index < -0.39 is 29.8 Å². The summed E-state index contributed by atoms with van der Waals surface area (Å²) >= 11 is 0. The maximum Gasteiger partial charge on any atom is 0.338 e. The van der Waals surface area contributed by atoms with Crippen molar-refractivity contribution in [1.82, 2.24) is 4.90 Å². The van der Waals surface area contributed by atoms with Crippen molar-refractivity contribution in [3.63, 3.8) is 0 Å². The molecule has 1 atom stereocenters. The van der Waals surface area contributed by atoms with Crippen LogP contribution in [-0.2, 0) is 16.0 Å². The van der Waals surface area contributed by atoms with Crippen LogP contribution in [0.4, 0.5) is 0 Å². The smallest absolute Gasteiger partial charge is 0.338 e. The molecule has 7 nitrogen and oxygen atoms in total. The molecule has 0 unspecified atom stereocenters. The Labute approximate surface area is 215 Å². The number of carboxylic acid groups (broad SMARTS) is 1. The first kappa shape index (κ1) is 23.9.